The number of hydrogen-bond donors (Lipinski definition) is 2. The molecule has 0 aliphatic rings. The third-order valence-electron chi connectivity index (χ3n) is 2.42. The highest BCUT2D eigenvalue weighted by atomic mass is 79.9. The fourth-order valence-corrected chi connectivity index (χ4v) is 1.94. The molecule has 1 aromatic rings. The van der Waals surface area contributed by atoms with Crippen molar-refractivity contribution in [3.8, 4) is 0 Å². The van der Waals surface area contributed by atoms with Crippen LogP contribution in [-0.2, 0) is 0 Å². The molecule has 0 heterocycles. The smallest absolute Gasteiger partial charge is 0.252 e. The monoisotopic (exact) mass is 284 g/mol. The standard InChI is InChI=1S/C12H17BrN2O/c1-3-9(14)7-15-12(16)10-5-4-8(2)6-11(10)13/h4-6,9H,3,7,14H2,1-2H3,(H,15,16). The quantitative estimate of drug-likeness (QED) is 0.891. The normalized spacial score (nSPS) is 12.2. The van der Waals surface area contributed by atoms with Gasteiger partial charge in [0.05, 0.1) is 5.56 Å². The molecule has 4 heteroatoms. The fourth-order valence-electron chi connectivity index (χ4n) is 1.27. The first-order valence-corrected chi connectivity index (χ1v) is 6.13. The van der Waals surface area contributed by atoms with E-state index in [-0.39, 0.29) is 11.9 Å². The molecule has 0 radical (unpaired) electrons. The second kappa shape index (κ2) is 6.01. The van der Waals surface area contributed by atoms with Crippen LogP contribution >= 0.6 is 15.9 Å². The number of nitrogens with two attached hydrogens (primary N) is 1. The average Bonchev–Trinajstić information content (AvgIpc) is 2.25. The molecular formula is C12H17BrN2O. The summed E-state index contributed by atoms with van der Waals surface area (Å²) in [7, 11) is 0. The van der Waals surface area contributed by atoms with Gasteiger partial charge in [-0.1, -0.05) is 13.0 Å². The Morgan fingerprint density at radius 2 is 2.25 bits per heavy atom. The molecule has 0 spiro atoms. The molecule has 0 fully saturated rings. The van der Waals surface area contributed by atoms with Crippen LogP contribution in [0.5, 0.6) is 0 Å². The van der Waals surface area contributed by atoms with Crippen molar-refractivity contribution in [3.63, 3.8) is 0 Å². The molecule has 3 nitrogen and oxygen atoms in total. The summed E-state index contributed by atoms with van der Waals surface area (Å²) < 4.78 is 0.815. The Morgan fingerprint density at radius 1 is 1.56 bits per heavy atom. The minimum atomic E-state index is -0.0872. The number of benzene rings is 1. The lowest BCUT2D eigenvalue weighted by molar-refractivity contribution is 0.0950. The summed E-state index contributed by atoms with van der Waals surface area (Å²) in [6.45, 7) is 4.49. The van der Waals surface area contributed by atoms with Gasteiger partial charge in [0, 0.05) is 17.1 Å². The molecule has 16 heavy (non-hydrogen) atoms. The van der Waals surface area contributed by atoms with Crippen molar-refractivity contribution >= 4 is 21.8 Å². The molecule has 0 saturated heterocycles. The Hall–Kier alpha value is -0.870. The van der Waals surface area contributed by atoms with Gasteiger partial charge in [-0.2, -0.15) is 0 Å². The predicted octanol–water partition coefficient (Wildman–Crippen LogP) is 2.22. The number of rotatable bonds is 4. The number of amides is 1. The first-order valence-electron chi connectivity index (χ1n) is 5.34. The van der Waals surface area contributed by atoms with Gasteiger partial charge in [-0.3, -0.25) is 4.79 Å². The van der Waals surface area contributed by atoms with Gasteiger partial charge in [-0.05, 0) is 47.0 Å². The minimum Gasteiger partial charge on any atom is -0.350 e. The number of hydrogen-bond acceptors (Lipinski definition) is 2. The van der Waals surface area contributed by atoms with Crippen molar-refractivity contribution < 1.29 is 4.79 Å². The maximum absolute atomic E-state index is 11.8. The average molecular weight is 285 g/mol. The maximum Gasteiger partial charge on any atom is 0.252 e. The van der Waals surface area contributed by atoms with Gasteiger partial charge in [0.15, 0.2) is 0 Å². The molecule has 0 saturated carbocycles. The van der Waals surface area contributed by atoms with E-state index >= 15 is 0 Å². The number of halogens is 1. The van der Waals surface area contributed by atoms with E-state index in [1.54, 1.807) is 0 Å². The van der Waals surface area contributed by atoms with Crippen LogP contribution in [0, 0.1) is 6.92 Å². The van der Waals surface area contributed by atoms with Crippen molar-refractivity contribution in [1.29, 1.82) is 0 Å². The Morgan fingerprint density at radius 3 is 2.81 bits per heavy atom. The first kappa shape index (κ1) is 13.2. The highest BCUT2D eigenvalue weighted by molar-refractivity contribution is 9.10. The van der Waals surface area contributed by atoms with E-state index in [9.17, 15) is 4.79 Å². The van der Waals surface area contributed by atoms with Crippen LogP contribution in [0.15, 0.2) is 22.7 Å². The summed E-state index contributed by atoms with van der Waals surface area (Å²) >= 11 is 3.38. The highest BCUT2D eigenvalue weighted by Gasteiger charge is 2.10. The van der Waals surface area contributed by atoms with E-state index in [2.05, 4.69) is 21.2 Å². The number of carbonyl (C=O) groups is 1. The first-order chi connectivity index (χ1) is 7.54. The minimum absolute atomic E-state index is 0.0215. The number of nitrogens with one attached hydrogen (secondary N) is 1. The summed E-state index contributed by atoms with van der Waals surface area (Å²) in [4.78, 5) is 11.8. The lowest BCUT2D eigenvalue weighted by Crippen LogP contribution is -2.36. The van der Waals surface area contributed by atoms with Gasteiger partial charge >= 0.3 is 0 Å². The molecule has 88 valence electrons. The maximum atomic E-state index is 11.8. The van der Waals surface area contributed by atoms with Crippen molar-refractivity contribution in [2.75, 3.05) is 6.54 Å². The van der Waals surface area contributed by atoms with Gasteiger partial charge < -0.3 is 11.1 Å². The zero-order valence-corrected chi connectivity index (χ0v) is 11.2. The Labute approximate surface area is 105 Å². The number of aryl methyl sites for hydroxylation is 1. The fraction of sp³-hybridized carbons (Fsp3) is 0.417. The second-order valence-electron chi connectivity index (χ2n) is 3.86. The Bertz CT molecular complexity index is 379. The van der Waals surface area contributed by atoms with E-state index in [1.165, 1.54) is 0 Å². The van der Waals surface area contributed by atoms with Crippen molar-refractivity contribution in [2.45, 2.75) is 26.3 Å². The molecule has 0 bridgehead atoms. The molecule has 0 aliphatic heterocycles. The molecule has 0 aliphatic carbocycles. The molecule has 0 aromatic heterocycles. The van der Waals surface area contributed by atoms with Gasteiger partial charge in [0.1, 0.15) is 0 Å². The van der Waals surface area contributed by atoms with E-state index < -0.39 is 0 Å². The molecule has 3 N–H and O–H groups in total. The molecular weight excluding hydrogens is 268 g/mol. The Kier molecular flexibility index (Phi) is 4.96. The Balaban J connectivity index is 2.66. The van der Waals surface area contributed by atoms with Crippen LogP contribution in [0.2, 0.25) is 0 Å². The zero-order chi connectivity index (χ0) is 12.1. The van der Waals surface area contributed by atoms with Gasteiger partial charge in [-0.15, -0.1) is 0 Å². The van der Waals surface area contributed by atoms with E-state index in [1.807, 2.05) is 32.0 Å². The highest BCUT2D eigenvalue weighted by Crippen LogP contribution is 2.18. The third-order valence-corrected chi connectivity index (χ3v) is 3.07. The van der Waals surface area contributed by atoms with Crippen LogP contribution in [0.4, 0.5) is 0 Å². The van der Waals surface area contributed by atoms with E-state index in [4.69, 9.17) is 5.73 Å². The van der Waals surface area contributed by atoms with Crippen molar-refractivity contribution in [1.82, 2.24) is 5.32 Å². The molecule has 1 rings (SSSR count). The molecule has 1 amide bonds. The van der Waals surface area contributed by atoms with Crippen LogP contribution in [0.3, 0.4) is 0 Å². The lowest BCUT2D eigenvalue weighted by Gasteiger charge is -2.11. The predicted molar refractivity (Wildman–Crippen MR) is 69.5 cm³/mol. The second-order valence-corrected chi connectivity index (χ2v) is 4.72. The van der Waals surface area contributed by atoms with Crippen LogP contribution in [0.25, 0.3) is 0 Å². The summed E-state index contributed by atoms with van der Waals surface area (Å²) in [5, 5.41) is 2.82. The number of carbonyl (C=O) groups excluding carboxylic acids is 1. The molecule has 1 unspecified atom stereocenters. The van der Waals surface area contributed by atoms with Gasteiger partial charge in [0.2, 0.25) is 0 Å². The SMILES string of the molecule is CCC(N)CNC(=O)c1ccc(C)cc1Br. The van der Waals surface area contributed by atoms with Crippen molar-refractivity contribution in [2.24, 2.45) is 5.73 Å². The van der Waals surface area contributed by atoms with E-state index in [0.717, 1.165) is 16.5 Å². The van der Waals surface area contributed by atoms with Crippen molar-refractivity contribution in [3.05, 3.63) is 33.8 Å². The summed E-state index contributed by atoms with van der Waals surface area (Å²) in [6.07, 6.45) is 0.856. The van der Waals surface area contributed by atoms with Crippen LogP contribution < -0.4 is 11.1 Å². The van der Waals surface area contributed by atoms with Gasteiger partial charge in [-0.25, -0.2) is 0 Å². The topological polar surface area (TPSA) is 55.1 Å². The third kappa shape index (κ3) is 3.61. The summed E-state index contributed by atoms with van der Waals surface area (Å²) in [6, 6.07) is 5.67. The molecule has 1 atom stereocenters. The molecule has 1 aromatic carbocycles. The summed E-state index contributed by atoms with van der Waals surface area (Å²) in [5.74, 6) is -0.0872. The largest absolute Gasteiger partial charge is 0.350 e. The van der Waals surface area contributed by atoms with Crippen LogP contribution in [-0.4, -0.2) is 18.5 Å². The van der Waals surface area contributed by atoms with E-state index in [0.29, 0.717) is 12.1 Å². The van der Waals surface area contributed by atoms with Crippen LogP contribution in [0.1, 0.15) is 29.3 Å². The lowest BCUT2D eigenvalue weighted by atomic mass is 10.1. The summed E-state index contributed by atoms with van der Waals surface area (Å²) in [5.41, 5.74) is 7.50. The zero-order valence-electron chi connectivity index (χ0n) is 9.59. The van der Waals surface area contributed by atoms with Gasteiger partial charge in [0.25, 0.3) is 5.91 Å².